The van der Waals surface area contributed by atoms with Crippen LogP contribution >= 0.6 is 23.2 Å². The standard InChI is InChI=1S/C25H19Cl2N3O2.K/c1-2-30-22-6-4-3-5-17(22)18-11-14(7-10-23(18)30)28-25(32)29-24-19-12-15(31)8-9-16(19)20(26)13-21(24)27;/h3-13,31H,2H2,1H3,(H2,28,29,32);/q;+1/p-1. The Labute approximate surface area is 243 Å². The van der Waals surface area contributed by atoms with Crippen LogP contribution in [0.1, 0.15) is 6.92 Å². The van der Waals surface area contributed by atoms with E-state index in [9.17, 15) is 9.90 Å². The summed E-state index contributed by atoms with van der Waals surface area (Å²) in [5.74, 6) is -0.197. The van der Waals surface area contributed by atoms with Gasteiger partial charge in [0.05, 0.1) is 15.7 Å². The van der Waals surface area contributed by atoms with E-state index < -0.39 is 6.03 Å². The number of carbonyl (C=O) groups is 1. The Kier molecular flexibility index (Phi) is 7.26. The molecule has 0 saturated carbocycles. The van der Waals surface area contributed by atoms with E-state index in [0.29, 0.717) is 27.2 Å². The molecule has 1 heterocycles. The summed E-state index contributed by atoms with van der Waals surface area (Å²) in [5.41, 5.74) is 3.24. The quantitative estimate of drug-likeness (QED) is 0.367. The first-order valence-electron chi connectivity index (χ1n) is 10.1. The van der Waals surface area contributed by atoms with E-state index in [-0.39, 0.29) is 62.2 Å². The van der Waals surface area contributed by atoms with Crippen molar-refractivity contribution in [2.45, 2.75) is 13.5 Å². The number of nitrogens with one attached hydrogen (secondary N) is 2. The summed E-state index contributed by atoms with van der Waals surface area (Å²) in [5, 5.41) is 21.5. The van der Waals surface area contributed by atoms with Gasteiger partial charge >= 0.3 is 57.4 Å². The Morgan fingerprint density at radius 2 is 1.61 bits per heavy atom. The number of nitrogens with zero attached hydrogens (tertiary/aromatic N) is 1. The molecule has 0 spiro atoms. The Hall–Kier alpha value is -1.77. The van der Waals surface area contributed by atoms with E-state index in [1.807, 2.05) is 30.3 Å². The van der Waals surface area contributed by atoms with Crippen LogP contribution in [-0.4, -0.2) is 10.6 Å². The maximum absolute atomic E-state index is 12.8. The van der Waals surface area contributed by atoms with Crippen molar-refractivity contribution in [3.63, 3.8) is 0 Å². The van der Waals surface area contributed by atoms with Crippen LogP contribution in [0.2, 0.25) is 10.0 Å². The van der Waals surface area contributed by atoms with Gasteiger partial charge in [0.25, 0.3) is 0 Å². The molecule has 0 saturated heterocycles. The molecule has 0 aliphatic carbocycles. The Morgan fingerprint density at radius 3 is 2.39 bits per heavy atom. The van der Waals surface area contributed by atoms with Gasteiger partial charge in [-0.15, -0.1) is 5.75 Å². The number of hydrogen-bond acceptors (Lipinski definition) is 2. The van der Waals surface area contributed by atoms with Crippen molar-refractivity contribution in [1.29, 1.82) is 0 Å². The molecule has 5 rings (SSSR count). The molecule has 0 bridgehead atoms. The van der Waals surface area contributed by atoms with E-state index in [2.05, 4.69) is 34.3 Å². The second kappa shape index (κ2) is 9.84. The number of hydrogen-bond donors (Lipinski definition) is 2. The molecule has 0 aliphatic heterocycles. The average Bonchev–Trinajstić information content (AvgIpc) is 3.09. The molecule has 0 radical (unpaired) electrons. The maximum Gasteiger partial charge on any atom is 1.00 e. The molecule has 33 heavy (non-hydrogen) atoms. The van der Waals surface area contributed by atoms with Crippen molar-refractivity contribution < 1.29 is 61.3 Å². The van der Waals surface area contributed by atoms with Gasteiger partial charge in [-0.1, -0.05) is 59.6 Å². The third-order valence-electron chi connectivity index (χ3n) is 5.59. The van der Waals surface area contributed by atoms with Gasteiger partial charge in [0.15, 0.2) is 0 Å². The molecule has 160 valence electrons. The number of aryl methyl sites for hydroxylation is 1. The first-order chi connectivity index (χ1) is 15.5. The van der Waals surface area contributed by atoms with Crippen LogP contribution in [0.5, 0.6) is 5.75 Å². The fraction of sp³-hybridized carbons (Fsp3) is 0.0800. The first-order valence-corrected chi connectivity index (χ1v) is 10.9. The number of urea groups is 1. The predicted octanol–water partition coefficient (Wildman–Crippen LogP) is 4.00. The van der Waals surface area contributed by atoms with Gasteiger partial charge in [-0.05, 0) is 37.3 Å². The predicted molar refractivity (Wildman–Crippen MR) is 131 cm³/mol. The van der Waals surface area contributed by atoms with Crippen LogP contribution in [0, 0.1) is 0 Å². The minimum atomic E-state index is -0.467. The molecule has 0 aliphatic rings. The molecular formula is C25H18Cl2KN3O2. The molecule has 0 unspecified atom stereocenters. The number of anilines is 2. The third-order valence-corrected chi connectivity index (χ3v) is 6.21. The van der Waals surface area contributed by atoms with Crippen LogP contribution in [0.4, 0.5) is 16.2 Å². The van der Waals surface area contributed by atoms with Crippen LogP contribution in [0.25, 0.3) is 32.6 Å². The maximum atomic E-state index is 12.8. The molecule has 2 amide bonds. The molecule has 5 nitrogen and oxygen atoms in total. The summed E-state index contributed by atoms with van der Waals surface area (Å²) in [7, 11) is 0. The summed E-state index contributed by atoms with van der Waals surface area (Å²) in [6.45, 7) is 2.96. The van der Waals surface area contributed by atoms with Gasteiger partial charge in [-0.25, -0.2) is 4.79 Å². The number of carbonyl (C=O) groups excluding carboxylic acids is 1. The number of para-hydroxylation sites is 1. The van der Waals surface area contributed by atoms with Crippen LogP contribution in [0.3, 0.4) is 0 Å². The zero-order chi connectivity index (χ0) is 22.4. The van der Waals surface area contributed by atoms with Crippen molar-refractivity contribution in [2.24, 2.45) is 0 Å². The van der Waals surface area contributed by atoms with E-state index in [4.69, 9.17) is 23.2 Å². The van der Waals surface area contributed by atoms with Crippen molar-refractivity contribution in [3.05, 3.63) is 76.8 Å². The number of halogens is 2. The fourth-order valence-corrected chi connectivity index (χ4v) is 4.79. The topological polar surface area (TPSA) is 69.1 Å². The van der Waals surface area contributed by atoms with Crippen LogP contribution in [0.15, 0.2) is 66.7 Å². The zero-order valence-electron chi connectivity index (χ0n) is 18.1. The number of benzene rings is 4. The van der Waals surface area contributed by atoms with Crippen molar-refractivity contribution in [2.75, 3.05) is 10.6 Å². The zero-order valence-corrected chi connectivity index (χ0v) is 22.7. The van der Waals surface area contributed by atoms with Crippen LogP contribution in [-0.2, 0) is 6.54 Å². The van der Waals surface area contributed by atoms with Crippen molar-refractivity contribution >= 4 is 73.2 Å². The largest absolute Gasteiger partial charge is 1.00 e. The van der Waals surface area contributed by atoms with Crippen molar-refractivity contribution in [1.82, 2.24) is 4.57 Å². The number of amides is 2. The van der Waals surface area contributed by atoms with Gasteiger partial charge in [-0.3, -0.25) is 0 Å². The Morgan fingerprint density at radius 1 is 0.848 bits per heavy atom. The van der Waals surface area contributed by atoms with Crippen LogP contribution < -0.4 is 67.1 Å². The van der Waals surface area contributed by atoms with E-state index in [1.54, 1.807) is 12.1 Å². The SMILES string of the molecule is CCn1c2ccccc2c2cc(NC(=O)Nc3c(Cl)cc(Cl)c4ccc([O-])cc34)ccc21.[K+]. The van der Waals surface area contributed by atoms with Gasteiger partial charge in [0.1, 0.15) is 0 Å². The smallest absolute Gasteiger partial charge is 0.872 e. The molecule has 5 aromatic rings. The number of aromatic nitrogens is 1. The normalized spacial score (nSPS) is 11.0. The van der Waals surface area contributed by atoms with E-state index in [1.165, 1.54) is 12.1 Å². The summed E-state index contributed by atoms with van der Waals surface area (Å²) < 4.78 is 2.24. The number of fused-ring (bicyclic) bond motifs is 4. The summed E-state index contributed by atoms with van der Waals surface area (Å²) in [6, 6.07) is 19.6. The first kappa shape index (κ1) is 24.4. The second-order valence-corrected chi connectivity index (χ2v) is 8.31. The van der Waals surface area contributed by atoms with Gasteiger partial charge < -0.3 is 20.3 Å². The van der Waals surface area contributed by atoms with Gasteiger partial charge in [0.2, 0.25) is 0 Å². The van der Waals surface area contributed by atoms with Crippen molar-refractivity contribution in [3.8, 4) is 5.75 Å². The fourth-order valence-electron chi connectivity index (χ4n) is 4.20. The molecule has 8 heteroatoms. The van der Waals surface area contributed by atoms with E-state index in [0.717, 1.165) is 28.4 Å². The minimum absolute atomic E-state index is 0. The molecule has 0 atom stereocenters. The molecule has 0 fully saturated rings. The molecule has 4 aromatic carbocycles. The molecule has 1 aromatic heterocycles. The molecular weight excluding hydrogens is 484 g/mol. The monoisotopic (exact) mass is 501 g/mol. The van der Waals surface area contributed by atoms with Gasteiger partial charge in [-0.2, -0.15) is 0 Å². The second-order valence-electron chi connectivity index (χ2n) is 7.50. The summed E-state index contributed by atoms with van der Waals surface area (Å²) in [4.78, 5) is 12.8. The molecule has 2 N–H and O–H groups in total. The number of rotatable bonds is 3. The van der Waals surface area contributed by atoms with E-state index >= 15 is 0 Å². The Bertz CT molecular complexity index is 1530. The Balaban J connectivity index is 0.00000259. The summed E-state index contributed by atoms with van der Waals surface area (Å²) >= 11 is 12.6. The van der Waals surface area contributed by atoms with Gasteiger partial charge in [0, 0.05) is 44.8 Å². The third kappa shape index (κ3) is 4.49. The summed E-state index contributed by atoms with van der Waals surface area (Å²) in [6.07, 6.45) is 0. The minimum Gasteiger partial charge on any atom is -0.872 e. The average molecular weight is 502 g/mol.